The van der Waals surface area contributed by atoms with E-state index in [0.29, 0.717) is 13.1 Å². The topological polar surface area (TPSA) is 72.6 Å². The van der Waals surface area contributed by atoms with Crippen LogP contribution in [-0.4, -0.2) is 36.0 Å². The van der Waals surface area contributed by atoms with Crippen molar-refractivity contribution in [3.05, 3.63) is 29.6 Å². The minimum Gasteiger partial charge on any atom is -0.449 e. The molecule has 0 spiro atoms. The summed E-state index contributed by atoms with van der Waals surface area (Å²) >= 11 is 0. The smallest absolute Gasteiger partial charge is 0.338 e. The van der Waals surface area contributed by atoms with E-state index in [4.69, 9.17) is 10.5 Å². The number of ether oxygens (including phenoxy) is 1. The zero-order chi connectivity index (χ0) is 15.3. The van der Waals surface area contributed by atoms with Gasteiger partial charge in [0.2, 0.25) is 0 Å². The van der Waals surface area contributed by atoms with Crippen LogP contribution in [0.3, 0.4) is 0 Å². The third-order valence-corrected chi connectivity index (χ3v) is 2.94. The maximum Gasteiger partial charge on any atom is 0.338 e. The molecule has 5 nitrogen and oxygen atoms in total. The number of carbonyl (C=O) groups is 2. The number of hydrogen-bond donors (Lipinski definition) is 1. The Morgan fingerprint density at radius 2 is 1.95 bits per heavy atom. The predicted octanol–water partition coefficient (Wildman–Crippen LogP) is 1.82. The summed E-state index contributed by atoms with van der Waals surface area (Å²) in [6.07, 6.45) is -0.895. The summed E-state index contributed by atoms with van der Waals surface area (Å²) in [7, 11) is 0. The Hall–Kier alpha value is -2.11. The third-order valence-electron chi connectivity index (χ3n) is 2.94. The summed E-state index contributed by atoms with van der Waals surface area (Å²) in [4.78, 5) is 25.4. The third kappa shape index (κ3) is 3.69. The summed E-state index contributed by atoms with van der Waals surface area (Å²) in [5.74, 6) is -1.57. The van der Waals surface area contributed by atoms with Gasteiger partial charge in [0.15, 0.2) is 6.10 Å². The standard InChI is InChI=1S/C14H19FN2O3/c1-4-17(5-2)13(18)9(3)20-14(19)10-6-7-11(15)12(16)8-10/h6-9H,4-5,16H2,1-3H3. The van der Waals surface area contributed by atoms with Crippen LogP contribution in [0.2, 0.25) is 0 Å². The van der Waals surface area contributed by atoms with E-state index < -0.39 is 17.9 Å². The highest BCUT2D eigenvalue weighted by Crippen LogP contribution is 2.14. The van der Waals surface area contributed by atoms with Crippen LogP contribution in [0.15, 0.2) is 18.2 Å². The first-order chi connectivity index (χ1) is 9.40. The number of nitrogens with zero attached hydrogens (tertiary/aromatic N) is 1. The average molecular weight is 282 g/mol. The first kappa shape index (κ1) is 15.9. The van der Waals surface area contributed by atoms with Gasteiger partial charge < -0.3 is 15.4 Å². The van der Waals surface area contributed by atoms with Gasteiger partial charge in [0.1, 0.15) is 5.82 Å². The normalized spacial score (nSPS) is 11.8. The molecule has 20 heavy (non-hydrogen) atoms. The molecule has 0 bridgehead atoms. The molecule has 6 heteroatoms. The molecule has 0 saturated carbocycles. The van der Waals surface area contributed by atoms with E-state index in [2.05, 4.69) is 0 Å². The molecule has 1 unspecified atom stereocenters. The lowest BCUT2D eigenvalue weighted by molar-refractivity contribution is -0.139. The monoisotopic (exact) mass is 282 g/mol. The Bertz CT molecular complexity index is 501. The number of amides is 1. The summed E-state index contributed by atoms with van der Waals surface area (Å²) in [6, 6.07) is 3.54. The summed E-state index contributed by atoms with van der Waals surface area (Å²) in [5.41, 5.74) is 5.36. The maximum absolute atomic E-state index is 13.0. The lowest BCUT2D eigenvalue weighted by Crippen LogP contribution is -2.39. The van der Waals surface area contributed by atoms with E-state index in [1.54, 1.807) is 4.90 Å². The molecule has 0 aliphatic rings. The highest BCUT2D eigenvalue weighted by Gasteiger charge is 2.22. The number of halogens is 1. The summed E-state index contributed by atoms with van der Waals surface area (Å²) < 4.78 is 18.1. The van der Waals surface area contributed by atoms with E-state index in [1.165, 1.54) is 19.1 Å². The number of nitrogens with two attached hydrogens (primary N) is 1. The fraction of sp³-hybridized carbons (Fsp3) is 0.429. The van der Waals surface area contributed by atoms with Crippen molar-refractivity contribution in [1.29, 1.82) is 0 Å². The number of rotatable bonds is 5. The van der Waals surface area contributed by atoms with Gasteiger partial charge in [-0.05, 0) is 39.0 Å². The van der Waals surface area contributed by atoms with Crippen LogP contribution in [0.5, 0.6) is 0 Å². The second-order valence-corrected chi connectivity index (χ2v) is 4.29. The number of esters is 1. The lowest BCUT2D eigenvalue weighted by atomic mass is 10.2. The van der Waals surface area contributed by atoms with Gasteiger partial charge in [-0.3, -0.25) is 4.79 Å². The van der Waals surface area contributed by atoms with Gasteiger partial charge in [0.05, 0.1) is 11.3 Å². The van der Waals surface area contributed by atoms with Crippen molar-refractivity contribution in [1.82, 2.24) is 4.90 Å². The predicted molar refractivity (Wildman–Crippen MR) is 73.6 cm³/mol. The van der Waals surface area contributed by atoms with Crippen LogP contribution in [0, 0.1) is 5.82 Å². The minimum atomic E-state index is -0.895. The van der Waals surface area contributed by atoms with Crippen molar-refractivity contribution in [3.63, 3.8) is 0 Å². The average Bonchev–Trinajstić information content (AvgIpc) is 2.42. The van der Waals surface area contributed by atoms with Gasteiger partial charge >= 0.3 is 5.97 Å². The van der Waals surface area contributed by atoms with Crippen LogP contribution in [0.4, 0.5) is 10.1 Å². The number of nitrogen functional groups attached to an aromatic ring is 1. The summed E-state index contributed by atoms with van der Waals surface area (Å²) in [6.45, 7) is 6.28. The van der Waals surface area contributed by atoms with Gasteiger partial charge in [0, 0.05) is 13.1 Å². The van der Waals surface area contributed by atoms with Gasteiger partial charge in [0.25, 0.3) is 5.91 Å². The molecule has 110 valence electrons. The van der Waals surface area contributed by atoms with E-state index >= 15 is 0 Å². The molecular formula is C14H19FN2O3. The maximum atomic E-state index is 13.0. The highest BCUT2D eigenvalue weighted by atomic mass is 19.1. The Morgan fingerprint density at radius 3 is 2.45 bits per heavy atom. The minimum absolute atomic E-state index is 0.114. The van der Waals surface area contributed by atoms with E-state index in [1.807, 2.05) is 13.8 Å². The fourth-order valence-electron chi connectivity index (χ4n) is 1.74. The van der Waals surface area contributed by atoms with Crippen LogP contribution in [0.25, 0.3) is 0 Å². The van der Waals surface area contributed by atoms with E-state index in [9.17, 15) is 14.0 Å². The van der Waals surface area contributed by atoms with Crippen molar-refractivity contribution < 1.29 is 18.7 Å². The van der Waals surface area contributed by atoms with Crippen molar-refractivity contribution in [2.24, 2.45) is 0 Å². The Balaban J connectivity index is 2.74. The lowest BCUT2D eigenvalue weighted by Gasteiger charge is -2.22. The van der Waals surface area contributed by atoms with Gasteiger partial charge in [-0.1, -0.05) is 0 Å². The number of likely N-dealkylation sites (N-methyl/N-ethyl adjacent to an activating group) is 1. The molecule has 0 aliphatic heterocycles. The highest BCUT2D eigenvalue weighted by molar-refractivity contribution is 5.93. The van der Waals surface area contributed by atoms with E-state index in [-0.39, 0.29) is 17.2 Å². The van der Waals surface area contributed by atoms with Crippen LogP contribution >= 0.6 is 0 Å². The SMILES string of the molecule is CCN(CC)C(=O)C(C)OC(=O)c1ccc(F)c(N)c1. The van der Waals surface area contributed by atoms with Crippen molar-refractivity contribution >= 4 is 17.6 Å². The Morgan fingerprint density at radius 1 is 1.35 bits per heavy atom. The molecule has 0 radical (unpaired) electrons. The Labute approximate surface area is 117 Å². The first-order valence-electron chi connectivity index (χ1n) is 6.45. The number of carbonyl (C=O) groups excluding carboxylic acids is 2. The van der Waals surface area contributed by atoms with E-state index in [0.717, 1.165) is 6.07 Å². The largest absolute Gasteiger partial charge is 0.449 e. The summed E-state index contributed by atoms with van der Waals surface area (Å²) in [5, 5.41) is 0. The second-order valence-electron chi connectivity index (χ2n) is 4.29. The molecule has 0 aromatic heterocycles. The molecule has 1 aromatic carbocycles. The van der Waals surface area contributed by atoms with Gasteiger partial charge in [-0.25, -0.2) is 9.18 Å². The number of hydrogen-bond acceptors (Lipinski definition) is 4. The van der Waals surface area contributed by atoms with Crippen LogP contribution < -0.4 is 5.73 Å². The molecular weight excluding hydrogens is 263 g/mol. The fourth-order valence-corrected chi connectivity index (χ4v) is 1.74. The quantitative estimate of drug-likeness (QED) is 0.660. The molecule has 0 aliphatic carbocycles. The molecule has 1 amide bonds. The Kier molecular flexibility index (Phi) is 5.49. The van der Waals surface area contributed by atoms with Gasteiger partial charge in [-0.15, -0.1) is 0 Å². The van der Waals surface area contributed by atoms with Crippen molar-refractivity contribution in [2.75, 3.05) is 18.8 Å². The molecule has 1 atom stereocenters. The van der Waals surface area contributed by atoms with Gasteiger partial charge in [-0.2, -0.15) is 0 Å². The molecule has 2 N–H and O–H groups in total. The zero-order valence-electron chi connectivity index (χ0n) is 11.9. The number of anilines is 1. The first-order valence-corrected chi connectivity index (χ1v) is 6.45. The molecule has 0 fully saturated rings. The van der Waals surface area contributed by atoms with Crippen LogP contribution in [-0.2, 0) is 9.53 Å². The molecule has 0 heterocycles. The van der Waals surface area contributed by atoms with Crippen molar-refractivity contribution in [3.8, 4) is 0 Å². The van der Waals surface area contributed by atoms with Crippen molar-refractivity contribution in [2.45, 2.75) is 26.9 Å². The number of benzene rings is 1. The zero-order valence-corrected chi connectivity index (χ0v) is 11.9. The van der Waals surface area contributed by atoms with Crippen LogP contribution in [0.1, 0.15) is 31.1 Å². The molecule has 1 aromatic rings. The molecule has 1 rings (SSSR count). The second kappa shape index (κ2) is 6.88. The molecule has 0 saturated heterocycles.